The van der Waals surface area contributed by atoms with Gasteiger partial charge in [0.05, 0.1) is 24.1 Å². The summed E-state index contributed by atoms with van der Waals surface area (Å²) in [7, 11) is 3.24. The highest BCUT2D eigenvalue weighted by Gasteiger charge is 2.31. The van der Waals surface area contributed by atoms with Gasteiger partial charge in [0, 0.05) is 5.60 Å². The first-order valence-electron chi connectivity index (χ1n) is 7.98. The lowest BCUT2D eigenvalue weighted by molar-refractivity contribution is -0.0893. The van der Waals surface area contributed by atoms with Crippen LogP contribution in [0.25, 0.3) is 0 Å². The molecule has 0 aliphatic carbocycles. The van der Waals surface area contributed by atoms with Crippen molar-refractivity contribution in [2.75, 3.05) is 7.11 Å². The van der Waals surface area contributed by atoms with Crippen LogP contribution in [0.5, 0.6) is 5.75 Å². The summed E-state index contributed by atoms with van der Waals surface area (Å²) in [5.41, 5.74) is -0.485. The minimum absolute atomic E-state index is 0.675. The van der Waals surface area contributed by atoms with Crippen molar-refractivity contribution < 1.29 is 19.6 Å². The zero-order chi connectivity index (χ0) is 17.9. The highest BCUT2D eigenvalue weighted by molar-refractivity contribution is 6.48. The molecule has 2 N–H and O–H groups in total. The van der Waals surface area contributed by atoms with Gasteiger partial charge in [0.15, 0.2) is 0 Å². The van der Waals surface area contributed by atoms with Gasteiger partial charge in [-0.25, -0.2) is 5.46 Å². The molecule has 1 aromatic rings. The van der Waals surface area contributed by atoms with Crippen LogP contribution in [0.1, 0.15) is 53.5 Å². The van der Waals surface area contributed by atoms with Crippen molar-refractivity contribution in [1.29, 1.82) is 0 Å². The molecule has 0 saturated heterocycles. The third-order valence-corrected chi connectivity index (χ3v) is 4.27. The normalized spacial score (nSPS) is 13.3. The van der Waals surface area contributed by atoms with Gasteiger partial charge in [0.25, 0.3) is 0 Å². The van der Waals surface area contributed by atoms with E-state index in [2.05, 4.69) is 0 Å². The third kappa shape index (κ3) is 6.17. The smallest absolute Gasteiger partial charge is 0.0833 e. The van der Waals surface area contributed by atoms with Gasteiger partial charge >= 0.3 is 0 Å². The van der Waals surface area contributed by atoms with Gasteiger partial charge < -0.3 is 19.6 Å². The highest BCUT2D eigenvalue weighted by atomic mass is 16.5. The van der Waals surface area contributed by atoms with Crippen LogP contribution in [0.15, 0.2) is 18.2 Å². The molecule has 130 valence electrons. The lowest BCUT2D eigenvalue weighted by Crippen LogP contribution is -2.49. The van der Waals surface area contributed by atoms with Gasteiger partial charge in [0.2, 0.25) is 0 Å². The quantitative estimate of drug-likeness (QED) is 0.721. The average Bonchev–Trinajstić information content (AvgIpc) is 2.41. The lowest BCUT2D eigenvalue weighted by atomic mass is 9.81. The van der Waals surface area contributed by atoms with Gasteiger partial charge in [-0.1, -0.05) is 17.7 Å². The van der Waals surface area contributed by atoms with Gasteiger partial charge in [-0.2, -0.15) is 0 Å². The Hall–Kier alpha value is -1.04. The zero-order valence-electron chi connectivity index (χ0n) is 15.4. The molecule has 23 heavy (non-hydrogen) atoms. The molecular weight excluding hydrogens is 291 g/mol. The predicted molar refractivity (Wildman–Crippen MR) is 94.5 cm³/mol. The molecule has 0 fully saturated rings. The van der Waals surface area contributed by atoms with Gasteiger partial charge in [-0.3, -0.25) is 0 Å². The Kier molecular flexibility index (Phi) is 6.30. The minimum atomic E-state index is -0.977. The van der Waals surface area contributed by atoms with Crippen LogP contribution in [0.2, 0.25) is 0 Å². The van der Waals surface area contributed by atoms with Crippen LogP contribution in [0, 0.1) is 0 Å². The highest BCUT2D eigenvalue weighted by Crippen LogP contribution is 2.24. The van der Waals surface area contributed by atoms with Crippen molar-refractivity contribution in [2.45, 2.75) is 71.2 Å². The largest absolute Gasteiger partial charge is 0.649 e. The van der Waals surface area contributed by atoms with E-state index < -0.39 is 16.8 Å². The van der Waals surface area contributed by atoms with Crippen molar-refractivity contribution in [3.8, 4) is 5.75 Å². The Balaban J connectivity index is 2.88. The monoisotopic (exact) mass is 321 g/mol. The van der Waals surface area contributed by atoms with Crippen LogP contribution < -0.4 is 10.2 Å². The van der Waals surface area contributed by atoms with Crippen LogP contribution in [-0.2, 0) is 11.1 Å². The molecule has 0 aliphatic rings. The second-order valence-corrected chi connectivity index (χ2v) is 7.69. The fourth-order valence-electron chi connectivity index (χ4n) is 1.84. The fraction of sp³-hybridized carbons (Fsp3) is 0.667. The number of hydrogen-bond acceptors (Lipinski definition) is 4. The number of rotatable bonds is 8. The summed E-state index contributed by atoms with van der Waals surface area (Å²) >= 11 is 0. The first kappa shape index (κ1) is 20.0. The van der Waals surface area contributed by atoms with E-state index in [1.807, 2.05) is 32.0 Å². The summed E-state index contributed by atoms with van der Waals surface area (Å²) in [4.78, 5) is 0. The molecule has 0 aliphatic heterocycles. The molecule has 0 aromatic heterocycles. The molecule has 4 nitrogen and oxygen atoms in total. The maximum atomic E-state index is 10.2. The molecule has 2 radical (unpaired) electrons. The third-order valence-electron chi connectivity index (χ3n) is 4.27. The number of methoxy groups -OCH3 is 1. The van der Waals surface area contributed by atoms with E-state index in [9.17, 15) is 10.2 Å². The van der Waals surface area contributed by atoms with E-state index in [1.165, 1.54) is 0 Å². The Morgan fingerprint density at radius 2 is 1.65 bits per heavy atom. The Morgan fingerprint density at radius 1 is 1.04 bits per heavy atom. The van der Waals surface area contributed by atoms with Crippen molar-refractivity contribution in [1.82, 2.24) is 0 Å². The topological polar surface area (TPSA) is 58.9 Å². The zero-order valence-corrected chi connectivity index (χ0v) is 15.4. The van der Waals surface area contributed by atoms with E-state index >= 15 is 0 Å². The molecule has 0 bridgehead atoms. The van der Waals surface area contributed by atoms with Crippen LogP contribution >= 0.6 is 0 Å². The van der Waals surface area contributed by atoms with E-state index in [0.717, 1.165) is 17.4 Å². The summed E-state index contributed by atoms with van der Waals surface area (Å²) < 4.78 is 11.2. The predicted octanol–water partition coefficient (Wildman–Crippen LogP) is 2.21. The number of ether oxygens (including phenoxy) is 1. The lowest BCUT2D eigenvalue weighted by Gasteiger charge is -2.45. The molecule has 0 atom stereocenters. The molecule has 0 spiro atoms. The van der Waals surface area contributed by atoms with E-state index in [0.29, 0.717) is 12.2 Å². The maximum absolute atomic E-state index is 10.2. The van der Waals surface area contributed by atoms with E-state index in [-0.39, 0.29) is 0 Å². The number of hydrogen-bond donors (Lipinski definition) is 2. The Morgan fingerprint density at radius 3 is 2.13 bits per heavy atom. The number of aliphatic hydroxyl groups is 2. The second-order valence-electron chi connectivity index (χ2n) is 7.69. The SMILES string of the molecule is COc1ccc(CCC(C)(C)O)cc1[B-]OC(C)(C)C(C)(C)O. The maximum Gasteiger partial charge on any atom is 0.0833 e. The summed E-state index contributed by atoms with van der Waals surface area (Å²) in [6, 6.07) is 5.88. The van der Waals surface area contributed by atoms with E-state index in [4.69, 9.17) is 9.39 Å². The standard InChI is InChI=1S/C18H30BO4/c1-16(2,20)11-10-13-8-9-15(22-7)14(12-13)19-23-18(5,6)17(3,4)21/h8-9,12,20-21H,10-11H2,1-7H3/q-1. The molecule has 0 saturated carbocycles. The van der Waals surface area contributed by atoms with E-state index in [1.54, 1.807) is 42.3 Å². The Labute approximate surface area is 141 Å². The van der Waals surface area contributed by atoms with Gasteiger partial charge in [0.1, 0.15) is 0 Å². The van der Waals surface area contributed by atoms with Crippen LogP contribution in [-0.4, -0.2) is 41.6 Å². The first-order chi connectivity index (χ1) is 10.4. The van der Waals surface area contributed by atoms with Crippen LogP contribution in [0.4, 0.5) is 0 Å². The van der Waals surface area contributed by atoms with Gasteiger partial charge in [-0.05, 0) is 60.5 Å². The van der Waals surface area contributed by atoms with Crippen molar-refractivity contribution >= 4 is 12.9 Å². The van der Waals surface area contributed by atoms with Crippen molar-refractivity contribution in [2.24, 2.45) is 0 Å². The summed E-state index contributed by atoms with van der Waals surface area (Å²) in [6.45, 7) is 10.7. The second kappa shape index (κ2) is 7.24. The molecule has 1 rings (SSSR count). The summed E-state index contributed by atoms with van der Waals surface area (Å²) in [5, 5.41) is 20.0. The Bertz CT molecular complexity index is 513. The molecule has 0 amide bonds. The summed E-state index contributed by atoms with van der Waals surface area (Å²) in [5.74, 6) is 0.712. The van der Waals surface area contributed by atoms with Crippen molar-refractivity contribution in [3.63, 3.8) is 0 Å². The summed E-state index contributed by atoms with van der Waals surface area (Å²) in [6.07, 6.45) is 1.44. The average molecular weight is 321 g/mol. The molecule has 5 heteroatoms. The molecule has 0 unspecified atom stereocenters. The number of aryl methyl sites for hydroxylation is 1. The van der Waals surface area contributed by atoms with Gasteiger partial charge in [-0.15, -0.1) is 7.48 Å². The minimum Gasteiger partial charge on any atom is -0.649 e. The number of benzene rings is 1. The fourth-order valence-corrected chi connectivity index (χ4v) is 1.84. The van der Waals surface area contributed by atoms with Crippen LogP contribution in [0.3, 0.4) is 0 Å². The molecule has 1 aromatic carbocycles. The first-order valence-corrected chi connectivity index (χ1v) is 7.98. The van der Waals surface area contributed by atoms with Crippen molar-refractivity contribution in [3.05, 3.63) is 23.8 Å². The molecular formula is C18H30BO4-. The molecule has 0 heterocycles.